The van der Waals surface area contributed by atoms with E-state index < -0.39 is 0 Å². The van der Waals surface area contributed by atoms with Crippen molar-refractivity contribution in [2.45, 2.75) is 26.8 Å². The van der Waals surface area contributed by atoms with Crippen LogP contribution in [0, 0.1) is 19.7 Å². The van der Waals surface area contributed by atoms with Crippen LogP contribution < -0.4 is 5.32 Å². The lowest BCUT2D eigenvalue weighted by atomic mass is 10.1. The second kappa shape index (κ2) is 5.21. The Morgan fingerprint density at radius 1 is 1.32 bits per heavy atom. The van der Waals surface area contributed by atoms with Crippen LogP contribution in [0.25, 0.3) is 0 Å². The number of halogens is 2. The Hall–Kier alpha value is -1.55. The number of hydrogen-bond acceptors (Lipinski definition) is 2. The maximum Gasteiger partial charge on any atom is 0.126 e. The van der Waals surface area contributed by atoms with E-state index in [0.717, 1.165) is 17.0 Å². The van der Waals surface area contributed by atoms with Gasteiger partial charge in [0.25, 0.3) is 0 Å². The van der Waals surface area contributed by atoms with Crippen molar-refractivity contribution in [1.82, 2.24) is 9.78 Å². The summed E-state index contributed by atoms with van der Waals surface area (Å²) in [4.78, 5) is 0. The van der Waals surface area contributed by atoms with Crippen molar-refractivity contribution in [2.24, 2.45) is 7.05 Å². The molecule has 0 saturated carbocycles. The molecule has 0 bridgehead atoms. The van der Waals surface area contributed by atoms with E-state index in [1.54, 1.807) is 6.07 Å². The first-order valence-corrected chi connectivity index (χ1v) is 6.49. The Labute approximate surface area is 117 Å². The maximum atomic E-state index is 13.3. The lowest BCUT2D eigenvalue weighted by Crippen LogP contribution is -2.09. The Balaban J connectivity index is 2.27. The summed E-state index contributed by atoms with van der Waals surface area (Å²) in [6, 6.07) is 4.47. The van der Waals surface area contributed by atoms with Crippen LogP contribution >= 0.6 is 11.6 Å². The van der Waals surface area contributed by atoms with Crippen LogP contribution in [-0.2, 0) is 7.05 Å². The molecule has 0 spiro atoms. The molecule has 102 valence electrons. The summed E-state index contributed by atoms with van der Waals surface area (Å²) in [7, 11) is 1.91. The molecule has 19 heavy (non-hydrogen) atoms. The summed E-state index contributed by atoms with van der Waals surface area (Å²) in [5.41, 5.74) is 3.87. The summed E-state index contributed by atoms with van der Waals surface area (Å²) in [6.07, 6.45) is 0. The highest BCUT2D eigenvalue weighted by molar-refractivity contribution is 6.30. The minimum atomic E-state index is -0.346. The number of nitrogens with zero attached hydrogens (tertiary/aromatic N) is 2. The lowest BCUT2D eigenvalue weighted by molar-refractivity contribution is 0.628. The third-order valence-corrected chi connectivity index (χ3v) is 3.46. The average Bonchev–Trinajstić information content (AvgIpc) is 2.51. The van der Waals surface area contributed by atoms with Crippen LogP contribution in [0.4, 0.5) is 10.1 Å². The molecule has 0 aliphatic rings. The first kappa shape index (κ1) is 13.9. The van der Waals surface area contributed by atoms with Crippen molar-refractivity contribution in [3.8, 4) is 0 Å². The van der Waals surface area contributed by atoms with E-state index in [9.17, 15) is 4.39 Å². The zero-order valence-electron chi connectivity index (χ0n) is 11.5. The van der Waals surface area contributed by atoms with E-state index >= 15 is 0 Å². The van der Waals surface area contributed by atoms with Gasteiger partial charge in [-0.3, -0.25) is 4.68 Å². The van der Waals surface area contributed by atoms with Gasteiger partial charge in [-0.2, -0.15) is 5.10 Å². The Bertz CT molecular complexity index is 587. The van der Waals surface area contributed by atoms with Gasteiger partial charge in [0.15, 0.2) is 0 Å². The van der Waals surface area contributed by atoms with Gasteiger partial charge in [0.05, 0.1) is 11.7 Å². The fourth-order valence-corrected chi connectivity index (χ4v) is 2.60. The van der Waals surface area contributed by atoms with Crippen molar-refractivity contribution >= 4 is 17.3 Å². The van der Waals surface area contributed by atoms with Gasteiger partial charge in [-0.05, 0) is 39.0 Å². The normalized spacial score (nSPS) is 12.5. The highest BCUT2D eigenvalue weighted by Crippen LogP contribution is 2.26. The molecule has 0 aliphatic carbocycles. The van der Waals surface area contributed by atoms with Gasteiger partial charge in [0.2, 0.25) is 0 Å². The molecule has 1 aromatic heterocycles. The van der Waals surface area contributed by atoms with E-state index in [0.29, 0.717) is 10.7 Å². The highest BCUT2D eigenvalue weighted by Gasteiger charge is 2.16. The van der Waals surface area contributed by atoms with Crippen molar-refractivity contribution < 1.29 is 4.39 Å². The lowest BCUT2D eigenvalue weighted by Gasteiger charge is -2.16. The van der Waals surface area contributed by atoms with E-state index in [4.69, 9.17) is 11.6 Å². The van der Waals surface area contributed by atoms with Crippen LogP contribution in [0.5, 0.6) is 0 Å². The highest BCUT2D eigenvalue weighted by atomic mass is 35.5. The first-order valence-electron chi connectivity index (χ1n) is 6.11. The molecule has 1 heterocycles. The second-order valence-corrected chi connectivity index (χ2v) is 5.17. The summed E-state index contributed by atoms with van der Waals surface area (Å²) in [5.74, 6) is -0.346. The molecule has 3 nitrogen and oxygen atoms in total. The third kappa shape index (κ3) is 2.89. The summed E-state index contributed by atoms with van der Waals surface area (Å²) >= 11 is 5.85. The molecule has 1 unspecified atom stereocenters. The maximum absolute atomic E-state index is 13.3. The smallest absolute Gasteiger partial charge is 0.126 e. The molecule has 0 fully saturated rings. The Morgan fingerprint density at radius 2 is 2.00 bits per heavy atom. The van der Waals surface area contributed by atoms with Crippen molar-refractivity contribution in [1.29, 1.82) is 0 Å². The quantitative estimate of drug-likeness (QED) is 0.921. The van der Waals surface area contributed by atoms with Gasteiger partial charge >= 0.3 is 0 Å². The molecule has 1 aromatic carbocycles. The topological polar surface area (TPSA) is 29.9 Å². The summed E-state index contributed by atoms with van der Waals surface area (Å²) < 4.78 is 15.2. The van der Waals surface area contributed by atoms with Gasteiger partial charge in [-0.1, -0.05) is 11.6 Å². The number of hydrogen-bond donors (Lipinski definition) is 1. The van der Waals surface area contributed by atoms with Crippen LogP contribution in [-0.4, -0.2) is 9.78 Å². The van der Waals surface area contributed by atoms with Gasteiger partial charge in [0.1, 0.15) is 5.82 Å². The Kier molecular flexibility index (Phi) is 3.80. The molecule has 0 aliphatic heterocycles. The molecule has 0 saturated heterocycles. The number of anilines is 1. The standard InChI is InChI=1S/C14H17ClFN3/c1-8(14-9(2)18-19(4)10(14)3)17-13-6-11(15)5-12(16)7-13/h5-8,17H,1-4H3. The number of rotatable bonds is 3. The molecule has 5 heteroatoms. The first-order chi connectivity index (χ1) is 8.88. The van der Waals surface area contributed by atoms with E-state index in [1.807, 2.05) is 32.5 Å². The number of benzene rings is 1. The molecule has 2 rings (SSSR count). The summed E-state index contributed by atoms with van der Waals surface area (Å²) in [5, 5.41) is 8.03. The minimum Gasteiger partial charge on any atom is -0.378 e. The number of nitrogens with one attached hydrogen (secondary N) is 1. The van der Waals surface area contributed by atoms with E-state index in [1.165, 1.54) is 12.1 Å². The van der Waals surface area contributed by atoms with Gasteiger partial charge in [-0.25, -0.2) is 4.39 Å². The molecular formula is C14H17ClFN3. The second-order valence-electron chi connectivity index (χ2n) is 4.73. The fourth-order valence-electron chi connectivity index (χ4n) is 2.38. The fraction of sp³-hybridized carbons (Fsp3) is 0.357. The van der Waals surface area contributed by atoms with E-state index in [-0.39, 0.29) is 11.9 Å². The SMILES string of the molecule is Cc1nn(C)c(C)c1C(C)Nc1cc(F)cc(Cl)c1. The number of aromatic nitrogens is 2. The monoisotopic (exact) mass is 281 g/mol. The molecule has 2 aromatic rings. The minimum absolute atomic E-state index is 0.0339. The van der Waals surface area contributed by atoms with Crippen LogP contribution in [0.2, 0.25) is 5.02 Å². The molecule has 1 atom stereocenters. The zero-order chi connectivity index (χ0) is 14.2. The third-order valence-electron chi connectivity index (χ3n) is 3.24. The van der Waals surface area contributed by atoms with Crippen LogP contribution in [0.3, 0.4) is 0 Å². The number of aryl methyl sites for hydroxylation is 2. The van der Waals surface area contributed by atoms with E-state index in [2.05, 4.69) is 10.4 Å². The predicted molar refractivity (Wildman–Crippen MR) is 76.1 cm³/mol. The summed E-state index contributed by atoms with van der Waals surface area (Å²) in [6.45, 7) is 6.01. The average molecular weight is 282 g/mol. The van der Waals surface area contributed by atoms with Crippen molar-refractivity contribution in [3.05, 3.63) is 46.0 Å². The Morgan fingerprint density at radius 3 is 2.53 bits per heavy atom. The predicted octanol–water partition coefficient (Wildman–Crippen LogP) is 4.00. The molecule has 0 radical (unpaired) electrons. The van der Waals surface area contributed by atoms with Crippen LogP contribution in [0.1, 0.15) is 29.9 Å². The molecule has 1 N–H and O–H groups in total. The molecular weight excluding hydrogens is 265 g/mol. The van der Waals surface area contributed by atoms with Gasteiger partial charge in [-0.15, -0.1) is 0 Å². The van der Waals surface area contributed by atoms with Gasteiger partial charge < -0.3 is 5.32 Å². The largest absolute Gasteiger partial charge is 0.378 e. The van der Waals surface area contributed by atoms with Crippen LogP contribution in [0.15, 0.2) is 18.2 Å². The van der Waals surface area contributed by atoms with Crippen molar-refractivity contribution in [3.63, 3.8) is 0 Å². The zero-order valence-corrected chi connectivity index (χ0v) is 12.2. The molecule has 0 amide bonds. The van der Waals surface area contributed by atoms with Crippen molar-refractivity contribution in [2.75, 3.05) is 5.32 Å². The van der Waals surface area contributed by atoms with Gasteiger partial charge in [0, 0.05) is 29.0 Å².